The molecule has 0 saturated carbocycles. The van der Waals surface area contributed by atoms with Crippen molar-refractivity contribution in [3.8, 4) is 17.6 Å². The smallest absolute Gasteiger partial charge is 0.266 e. The van der Waals surface area contributed by atoms with E-state index in [1.807, 2.05) is 67.6 Å². The van der Waals surface area contributed by atoms with Gasteiger partial charge in [-0.25, -0.2) is 0 Å². The molecule has 4 nitrogen and oxygen atoms in total. The van der Waals surface area contributed by atoms with E-state index in [0.29, 0.717) is 22.7 Å². The fourth-order valence-corrected chi connectivity index (χ4v) is 4.22. The van der Waals surface area contributed by atoms with Crippen molar-refractivity contribution in [3.05, 3.63) is 92.4 Å². The summed E-state index contributed by atoms with van der Waals surface area (Å²) >= 11 is 6.88. The highest BCUT2D eigenvalue weighted by atomic mass is 79.9. The highest BCUT2D eigenvalue weighted by Crippen LogP contribution is 2.32. The Kier molecular flexibility index (Phi) is 6.86. The molecule has 29 heavy (non-hydrogen) atoms. The van der Waals surface area contributed by atoms with Gasteiger partial charge in [0.05, 0.1) is 5.69 Å². The molecule has 6 heteroatoms. The molecule has 0 fully saturated rings. The van der Waals surface area contributed by atoms with Gasteiger partial charge in [0.1, 0.15) is 23.1 Å². The van der Waals surface area contributed by atoms with E-state index in [9.17, 15) is 10.1 Å². The first kappa shape index (κ1) is 20.8. The predicted molar refractivity (Wildman–Crippen MR) is 122 cm³/mol. The average molecular weight is 512 g/mol. The normalized spacial score (nSPS) is 10.9. The van der Waals surface area contributed by atoms with E-state index in [-0.39, 0.29) is 5.57 Å². The van der Waals surface area contributed by atoms with Crippen molar-refractivity contribution < 1.29 is 9.53 Å². The van der Waals surface area contributed by atoms with E-state index in [0.717, 1.165) is 14.5 Å². The van der Waals surface area contributed by atoms with Crippen LogP contribution in [0.3, 0.4) is 0 Å². The summed E-state index contributed by atoms with van der Waals surface area (Å²) in [5.74, 6) is 0.833. The first-order valence-electron chi connectivity index (χ1n) is 8.68. The van der Waals surface area contributed by atoms with Gasteiger partial charge in [0.15, 0.2) is 0 Å². The van der Waals surface area contributed by atoms with Crippen LogP contribution in [-0.4, -0.2) is 5.91 Å². The van der Waals surface area contributed by atoms with Crippen molar-refractivity contribution in [2.24, 2.45) is 0 Å². The number of nitrogens with one attached hydrogen (secondary N) is 1. The Morgan fingerprint density at radius 3 is 2.31 bits per heavy atom. The lowest BCUT2D eigenvalue weighted by atomic mass is 10.1. The van der Waals surface area contributed by atoms with Crippen LogP contribution >= 0.6 is 31.9 Å². The van der Waals surface area contributed by atoms with Crippen molar-refractivity contribution >= 4 is 49.5 Å². The number of hydrogen-bond acceptors (Lipinski definition) is 3. The number of hydrogen-bond donors (Lipinski definition) is 1. The van der Waals surface area contributed by atoms with Crippen LogP contribution in [0.25, 0.3) is 6.08 Å². The lowest BCUT2D eigenvalue weighted by molar-refractivity contribution is -0.112. The van der Waals surface area contributed by atoms with Gasteiger partial charge in [0.2, 0.25) is 0 Å². The standard InChI is InChI=1S/C23H16Br2N2O2/c1-15-10-20(24)22(21(25)11-15)27-23(28)17(14-26)12-16-6-5-9-19(13-16)29-18-7-3-2-4-8-18/h2-13H,1H3,(H,27,28)/b17-12+. The second kappa shape index (κ2) is 9.55. The van der Waals surface area contributed by atoms with Crippen LogP contribution in [-0.2, 0) is 4.79 Å². The zero-order valence-corrected chi connectivity index (χ0v) is 18.6. The van der Waals surface area contributed by atoms with Gasteiger partial charge in [-0.15, -0.1) is 0 Å². The molecule has 0 saturated heterocycles. The Hall–Kier alpha value is -2.88. The molecule has 0 atom stereocenters. The Balaban J connectivity index is 1.82. The summed E-state index contributed by atoms with van der Waals surface area (Å²) in [4.78, 5) is 12.6. The number of carbonyl (C=O) groups is 1. The third-order valence-electron chi connectivity index (χ3n) is 3.94. The third kappa shape index (κ3) is 5.57. The van der Waals surface area contributed by atoms with E-state index in [1.54, 1.807) is 12.1 Å². The molecule has 3 rings (SSSR count). The fraction of sp³-hybridized carbons (Fsp3) is 0.0435. The van der Waals surface area contributed by atoms with Gasteiger partial charge in [-0.05, 0) is 92.4 Å². The zero-order chi connectivity index (χ0) is 20.8. The average Bonchev–Trinajstić information content (AvgIpc) is 2.69. The van der Waals surface area contributed by atoms with Gasteiger partial charge in [-0.1, -0.05) is 30.3 Å². The third-order valence-corrected chi connectivity index (χ3v) is 5.19. The first-order valence-corrected chi connectivity index (χ1v) is 10.3. The minimum atomic E-state index is -0.493. The number of nitriles is 1. The molecule has 3 aromatic carbocycles. The molecule has 0 unspecified atom stereocenters. The minimum absolute atomic E-state index is 0.0127. The van der Waals surface area contributed by atoms with Crippen LogP contribution < -0.4 is 10.1 Å². The van der Waals surface area contributed by atoms with E-state index in [4.69, 9.17) is 4.74 Å². The molecule has 1 N–H and O–H groups in total. The second-order valence-electron chi connectivity index (χ2n) is 6.22. The van der Waals surface area contributed by atoms with Crippen LogP contribution in [0.2, 0.25) is 0 Å². The van der Waals surface area contributed by atoms with Crippen molar-refractivity contribution in [2.45, 2.75) is 6.92 Å². The number of ether oxygens (including phenoxy) is 1. The Morgan fingerprint density at radius 2 is 1.66 bits per heavy atom. The molecule has 0 bridgehead atoms. The van der Waals surface area contributed by atoms with Crippen LogP contribution in [0.15, 0.2) is 81.2 Å². The summed E-state index contributed by atoms with van der Waals surface area (Å²) in [6.45, 7) is 1.95. The van der Waals surface area contributed by atoms with Gasteiger partial charge in [0, 0.05) is 8.95 Å². The fourth-order valence-electron chi connectivity index (χ4n) is 2.61. The number of nitrogens with zero attached hydrogens (tertiary/aromatic N) is 1. The number of aryl methyl sites for hydroxylation is 1. The summed E-state index contributed by atoms with van der Waals surface area (Å²) in [5, 5.41) is 12.3. The molecule has 0 aromatic heterocycles. The number of rotatable bonds is 5. The molecule has 0 radical (unpaired) electrons. The van der Waals surface area contributed by atoms with Crippen LogP contribution in [0.1, 0.15) is 11.1 Å². The van der Waals surface area contributed by atoms with Gasteiger partial charge in [-0.2, -0.15) is 5.26 Å². The molecular weight excluding hydrogens is 496 g/mol. The molecule has 0 aliphatic carbocycles. The van der Waals surface area contributed by atoms with Crippen LogP contribution in [0.4, 0.5) is 5.69 Å². The summed E-state index contributed by atoms with van der Waals surface area (Å²) in [7, 11) is 0. The molecule has 0 spiro atoms. The van der Waals surface area contributed by atoms with E-state index >= 15 is 0 Å². The van der Waals surface area contributed by atoms with Crippen molar-refractivity contribution in [1.29, 1.82) is 5.26 Å². The monoisotopic (exact) mass is 510 g/mol. The lowest BCUT2D eigenvalue weighted by Crippen LogP contribution is -2.14. The Bertz CT molecular complexity index is 1100. The van der Waals surface area contributed by atoms with E-state index < -0.39 is 5.91 Å². The molecular formula is C23H16Br2N2O2. The molecule has 3 aromatic rings. The highest BCUT2D eigenvalue weighted by Gasteiger charge is 2.14. The van der Waals surface area contributed by atoms with Crippen molar-refractivity contribution in [3.63, 3.8) is 0 Å². The minimum Gasteiger partial charge on any atom is -0.457 e. The Morgan fingerprint density at radius 1 is 1.00 bits per heavy atom. The van der Waals surface area contributed by atoms with Gasteiger partial charge in [-0.3, -0.25) is 4.79 Å². The zero-order valence-electron chi connectivity index (χ0n) is 15.4. The predicted octanol–water partition coefficient (Wildman–Crippen LogP) is 6.86. The number of anilines is 1. The number of carbonyl (C=O) groups excluding carboxylic acids is 1. The molecule has 0 aliphatic heterocycles. The molecule has 144 valence electrons. The maximum absolute atomic E-state index is 12.6. The quantitative estimate of drug-likeness (QED) is 0.300. The number of halogens is 2. The topological polar surface area (TPSA) is 62.1 Å². The SMILES string of the molecule is Cc1cc(Br)c(NC(=O)/C(C#N)=C/c2cccc(Oc3ccccc3)c2)c(Br)c1. The van der Waals surface area contributed by atoms with Crippen LogP contribution in [0.5, 0.6) is 11.5 Å². The summed E-state index contributed by atoms with van der Waals surface area (Å²) in [6.07, 6.45) is 1.53. The second-order valence-corrected chi connectivity index (χ2v) is 7.92. The maximum atomic E-state index is 12.6. The Labute approximate surface area is 186 Å². The largest absolute Gasteiger partial charge is 0.457 e. The van der Waals surface area contributed by atoms with Crippen LogP contribution in [0, 0.1) is 18.3 Å². The van der Waals surface area contributed by atoms with Gasteiger partial charge < -0.3 is 10.1 Å². The highest BCUT2D eigenvalue weighted by molar-refractivity contribution is 9.11. The summed E-state index contributed by atoms with van der Waals surface area (Å²) < 4.78 is 7.27. The van der Waals surface area contributed by atoms with Crippen molar-refractivity contribution in [2.75, 3.05) is 5.32 Å². The van der Waals surface area contributed by atoms with Gasteiger partial charge in [0.25, 0.3) is 5.91 Å². The molecule has 1 amide bonds. The van der Waals surface area contributed by atoms with E-state index in [2.05, 4.69) is 37.2 Å². The maximum Gasteiger partial charge on any atom is 0.266 e. The van der Waals surface area contributed by atoms with Crippen molar-refractivity contribution in [1.82, 2.24) is 0 Å². The summed E-state index contributed by atoms with van der Waals surface area (Å²) in [6, 6.07) is 22.3. The number of amides is 1. The van der Waals surface area contributed by atoms with Gasteiger partial charge >= 0.3 is 0 Å². The lowest BCUT2D eigenvalue weighted by Gasteiger charge is -2.10. The number of para-hydroxylation sites is 1. The first-order chi connectivity index (χ1) is 14.0. The molecule has 0 heterocycles. The number of benzene rings is 3. The molecule has 0 aliphatic rings. The summed E-state index contributed by atoms with van der Waals surface area (Å²) in [5.41, 5.74) is 2.28. The van der Waals surface area contributed by atoms with E-state index in [1.165, 1.54) is 6.08 Å².